The highest BCUT2D eigenvalue weighted by Crippen LogP contribution is 2.37. The molecule has 0 fully saturated rings. The van der Waals surface area contributed by atoms with Crippen LogP contribution in [0.5, 0.6) is 5.75 Å². The number of nitrogens with one attached hydrogen (secondary N) is 1. The van der Waals surface area contributed by atoms with E-state index in [0.717, 1.165) is 16.1 Å². The minimum Gasteiger partial charge on any atom is -0.482 e. The van der Waals surface area contributed by atoms with Crippen molar-refractivity contribution in [1.82, 2.24) is 4.98 Å². The summed E-state index contributed by atoms with van der Waals surface area (Å²) in [6.07, 6.45) is 0. The number of carbonyl (C=O) groups excluding carboxylic acids is 2. The molecular weight excluding hydrogens is 330 g/mol. The standard InChI is InChI=1S/C16H17N3O4S/c1-9-15(18-16(24-9)17-13(20)7-22-3)10-4-5-12-11(6-10)19(2)14(21)8-23-12/h4-6H,7-8H2,1-3H3,(H,17,18,20). The molecule has 1 aromatic carbocycles. The van der Waals surface area contributed by atoms with Crippen molar-refractivity contribution in [2.24, 2.45) is 0 Å². The molecule has 0 unspecified atom stereocenters. The number of benzene rings is 1. The molecule has 1 aromatic heterocycles. The largest absolute Gasteiger partial charge is 0.482 e. The van der Waals surface area contributed by atoms with Crippen molar-refractivity contribution in [3.8, 4) is 17.0 Å². The second kappa shape index (κ2) is 6.58. The monoisotopic (exact) mass is 347 g/mol. The van der Waals surface area contributed by atoms with Gasteiger partial charge in [-0.05, 0) is 25.1 Å². The van der Waals surface area contributed by atoms with Crippen molar-refractivity contribution < 1.29 is 19.1 Å². The van der Waals surface area contributed by atoms with Crippen LogP contribution in [0.2, 0.25) is 0 Å². The molecule has 0 bridgehead atoms. The van der Waals surface area contributed by atoms with Gasteiger partial charge in [-0.2, -0.15) is 0 Å². The minimum atomic E-state index is -0.248. The van der Waals surface area contributed by atoms with E-state index in [-0.39, 0.29) is 25.0 Å². The zero-order valence-corrected chi connectivity index (χ0v) is 14.4. The number of nitrogens with zero attached hydrogens (tertiary/aromatic N) is 2. The molecule has 1 aliphatic rings. The molecule has 2 aromatic rings. The molecule has 1 aliphatic heterocycles. The van der Waals surface area contributed by atoms with Gasteiger partial charge in [0.1, 0.15) is 12.4 Å². The molecule has 0 saturated carbocycles. The summed E-state index contributed by atoms with van der Waals surface area (Å²) < 4.78 is 10.2. The number of carbonyl (C=O) groups is 2. The predicted octanol–water partition coefficient (Wildman–Crippen LogP) is 2.06. The number of anilines is 2. The van der Waals surface area contributed by atoms with E-state index in [0.29, 0.717) is 16.6 Å². The van der Waals surface area contributed by atoms with Crippen LogP contribution in [0.15, 0.2) is 18.2 Å². The molecule has 8 heteroatoms. The molecule has 0 atom stereocenters. The van der Waals surface area contributed by atoms with E-state index in [2.05, 4.69) is 10.3 Å². The molecule has 0 saturated heterocycles. The molecule has 3 rings (SSSR count). The number of ether oxygens (including phenoxy) is 2. The van der Waals surface area contributed by atoms with Gasteiger partial charge in [0.05, 0.1) is 11.4 Å². The number of fused-ring (bicyclic) bond motifs is 1. The number of aryl methyl sites for hydroxylation is 1. The Labute approximate surface area is 143 Å². The second-order valence-electron chi connectivity index (χ2n) is 5.33. The Morgan fingerprint density at radius 3 is 3.04 bits per heavy atom. The minimum absolute atomic E-state index is 0.0168. The first kappa shape index (κ1) is 16.4. The Bertz CT molecular complexity index is 803. The number of hydrogen-bond donors (Lipinski definition) is 1. The van der Waals surface area contributed by atoms with Gasteiger partial charge in [-0.15, -0.1) is 11.3 Å². The fourth-order valence-corrected chi connectivity index (χ4v) is 3.28. The highest BCUT2D eigenvalue weighted by Gasteiger charge is 2.23. The Hall–Kier alpha value is -2.45. The summed E-state index contributed by atoms with van der Waals surface area (Å²) in [5.41, 5.74) is 2.34. The Morgan fingerprint density at radius 2 is 2.29 bits per heavy atom. The van der Waals surface area contributed by atoms with Crippen molar-refractivity contribution in [3.05, 3.63) is 23.1 Å². The number of amides is 2. The van der Waals surface area contributed by atoms with E-state index in [1.807, 2.05) is 25.1 Å². The normalized spacial score (nSPS) is 13.5. The smallest absolute Gasteiger partial charge is 0.264 e. The maximum Gasteiger partial charge on any atom is 0.264 e. The maximum atomic E-state index is 11.8. The SMILES string of the molecule is COCC(=O)Nc1nc(-c2ccc3c(c2)N(C)C(=O)CO3)c(C)s1. The van der Waals surface area contributed by atoms with E-state index in [4.69, 9.17) is 9.47 Å². The van der Waals surface area contributed by atoms with Crippen LogP contribution in [-0.4, -0.2) is 44.2 Å². The lowest BCUT2D eigenvalue weighted by molar-refractivity contribution is -0.121. The summed E-state index contributed by atoms with van der Waals surface area (Å²) in [7, 11) is 3.18. The highest BCUT2D eigenvalue weighted by atomic mass is 32.1. The van der Waals surface area contributed by atoms with Gasteiger partial charge >= 0.3 is 0 Å². The average Bonchev–Trinajstić information content (AvgIpc) is 2.91. The first-order chi connectivity index (χ1) is 11.5. The van der Waals surface area contributed by atoms with Crippen LogP contribution in [0.4, 0.5) is 10.8 Å². The van der Waals surface area contributed by atoms with Gasteiger partial charge in [-0.3, -0.25) is 14.9 Å². The van der Waals surface area contributed by atoms with Crippen LogP contribution >= 0.6 is 11.3 Å². The van der Waals surface area contributed by atoms with Crippen LogP contribution in [-0.2, 0) is 14.3 Å². The Kier molecular flexibility index (Phi) is 4.50. The van der Waals surface area contributed by atoms with Crippen molar-refractivity contribution in [1.29, 1.82) is 0 Å². The molecule has 0 spiro atoms. The average molecular weight is 347 g/mol. The summed E-state index contributed by atoms with van der Waals surface area (Å²) in [5.74, 6) is 0.325. The van der Waals surface area contributed by atoms with Crippen molar-refractivity contribution in [2.45, 2.75) is 6.92 Å². The number of likely N-dealkylation sites (N-methyl/N-ethyl adjacent to an activating group) is 1. The van der Waals surface area contributed by atoms with Crippen LogP contribution in [0.25, 0.3) is 11.3 Å². The molecule has 2 heterocycles. The number of hydrogen-bond acceptors (Lipinski definition) is 6. The van der Waals surface area contributed by atoms with Crippen molar-refractivity contribution in [3.63, 3.8) is 0 Å². The predicted molar refractivity (Wildman–Crippen MR) is 91.7 cm³/mol. The zero-order valence-electron chi connectivity index (χ0n) is 13.6. The van der Waals surface area contributed by atoms with Gasteiger partial charge < -0.3 is 14.4 Å². The van der Waals surface area contributed by atoms with Gasteiger partial charge in [0, 0.05) is 24.6 Å². The van der Waals surface area contributed by atoms with Gasteiger partial charge in [-0.25, -0.2) is 4.98 Å². The fraction of sp³-hybridized carbons (Fsp3) is 0.312. The lowest BCUT2D eigenvalue weighted by Gasteiger charge is -2.26. The molecule has 2 amide bonds. The highest BCUT2D eigenvalue weighted by molar-refractivity contribution is 7.16. The lowest BCUT2D eigenvalue weighted by Crippen LogP contribution is -2.35. The fourth-order valence-electron chi connectivity index (χ4n) is 2.42. The molecular formula is C16H17N3O4S. The van der Waals surface area contributed by atoms with Crippen molar-refractivity contribution >= 4 is 34.0 Å². The number of thiazole rings is 1. The topological polar surface area (TPSA) is 80.8 Å². The number of rotatable bonds is 4. The summed E-state index contributed by atoms with van der Waals surface area (Å²) in [4.78, 5) is 30.4. The van der Waals surface area contributed by atoms with E-state index < -0.39 is 0 Å². The van der Waals surface area contributed by atoms with E-state index in [1.165, 1.54) is 18.4 Å². The molecule has 7 nitrogen and oxygen atoms in total. The van der Waals surface area contributed by atoms with E-state index in [1.54, 1.807) is 11.9 Å². The molecule has 24 heavy (non-hydrogen) atoms. The van der Waals surface area contributed by atoms with Crippen molar-refractivity contribution in [2.75, 3.05) is 37.6 Å². The Balaban J connectivity index is 1.91. The van der Waals surface area contributed by atoms with Gasteiger partial charge in [0.25, 0.3) is 11.8 Å². The summed E-state index contributed by atoms with van der Waals surface area (Å²) >= 11 is 1.39. The van der Waals surface area contributed by atoms with Gasteiger partial charge in [0.15, 0.2) is 11.7 Å². The Morgan fingerprint density at radius 1 is 1.50 bits per heavy atom. The first-order valence-electron chi connectivity index (χ1n) is 7.29. The maximum absolute atomic E-state index is 11.8. The zero-order chi connectivity index (χ0) is 17.3. The van der Waals surface area contributed by atoms with Crippen LogP contribution < -0.4 is 15.0 Å². The van der Waals surface area contributed by atoms with E-state index in [9.17, 15) is 9.59 Å². The van der Waals surface area contributed by atoms with Crippen LogP contribution in [0.1, 0.15) is 4.88 Å². The summed E-state index contributed by atoms with van der Waals surface area (Å²) in [5, 5.41) is 3.22. The van der Waals surface area contributed by atoms with Gasteiger partial charge in [-0.1, -0.05) is 0 Å². The third-order valence-electron chi connectivity index (χ3n) is 3.64. The number of methoxy groups -OCH3 is 1. The third kappa shape index (κ3) is 3.10. The lowest BCUT2D eigenvalue weighted by atomic mass is 10.1. The quantitative estimate of drug-likeness (QED) is 0.916. The molecule has 0 aliphatic carbocycles. The summed E-state index contributed by atoms with van der Waals surface area (Å²) in [6, 6.07) is 5.59. The first-order valence-corrected chi connectivity index (χ1v) is 8.11. The second-order valence-corrected chi connectivity index (χ2v) is 6.53. The van der Waals surface area contributed by atoms with E-state index >= 15 is 0 Å². The number of aromatic nitrogens is 1. The molecule has 0 radical (unpaired) electrons. The third-order valence-corrected chi connectivity index (χ3v) is 4.52. The van der Waals surface area contributed by atoms with Gasteiger partial charge in [0.2, 0.25) is 0 Å². The van der Waals surface area contributed by atoms with Crippen LogP contribution in [0, 0.1) is 6.92 Å². The summed E-state index contributed by atoms with van der Waals surface area (Å²) in [6.45, 7) is 1.97. The molecule has 126 valence electrons. The van der Waals surface area contributed by atoms with Crippen LogP contribution in [0.3, 0.4) is 0 Å². The molecule has 1 N–H and O–H groups in total.